The van der Waals surface area contributed by atoms with Crippen molar-refractivity contribution in [2.24, 2.45) is 0 Å². The van der Waals surface area contributed by atoms with Gasteiger partial charge in [0.2, 0.25) is 0 Å². The van der Waals surface area contributed by atoms with E-state index in [1.54, 1.807) is 24.3 Å². The van der Waals surface area contributed by atoms with Crippen LogP contribution in [0, 0.1) is 0 Å². The number of hydrogen-bond donors (Lipinski definition) is 2. The summed E-state index contributed by atoms with van der Waals surface area (Å²) >= 11 is 0. The maximum atomic E-state index is 12.5. The number of anilines is 2. The Bertz CT molecular complexity index is 987. The molecule has 1 aromatic heterocycles. The molecule has 0 atom stereocenters. The van der Waals surface area contributed by atoms with Crippen molar-refractivity contribution in [1.29, 1.82) is 0 Å². The molecule has 1 amide bonds. The number of hydrogen-bond acceptors (Lipinski definition) is 5. The maximum Gasteiger partial charge on any atom is 0.270 e. The lowest BCUT2D eigenvalue weighted by Crippen LogP contribution is -2.25. The van der Waals surface area contributed by atoms with Crippen LogP contribution in [0.3, 0.4) is 0 Å². The van der Waals surface area contributed by atoms with Crippen molar-refractivity contribution in [3.63, 3.8) is 0 Å². The molecule has 2 aromatic carbocycles. The molecular weight excluding hydrogens is 352 g/mol. The van der Waals surface area contributed by atoms with Gasteiger partial charge in [-0.15, -0.1) is 0 Å². The number of nitrogens with one attached hydrogen (secondary N) is 2. The van der Waals surface area contributed by atoms with Gasteiger partial charge in [0.25, 0.3) is 5.91 Å². The molecule has 6 nitrogen and oxygen atoms in total. The van der Waals surface area contributed by atoms with Crippen LogP contribution < -0.4 is 10.6 Å². The summed E-state index contributed by atoms with van der Waals surface area (Å²) in [6, 6.07) is 18.2. The monoisotopic (exact) mass is 374 g/mol. The number of aromatic nitrogens is 2. The van der Waals surface area contributed by atoms with Crippen LogP contribution in [-0.4, -0.2) is 28.2 Å². The number of rotatable bonds is 7. The first kappa shape index (κ1) is 19.2. The van der Waals surface area contributed by atoms with Crippen LogP contribution in [0.2, 0.25) is 0 Å². The summed E-state index contributed by atoms with van der Waals surface area (Å²) in [7, 11) is 0. The molecule has 3 aromatic rings. The third kappa shape index (κ3) is 4.79. The molecule has 0 unspecified atom stereocenters. The Balaban J connectivity index is 1.98. The lowest BCUT2D eigenvalue weighted by atomic mass is 10.1. The molecule has 6 heteroatoms. The van der Waals surface area contributed by atoms with Gasteiger partial charge in [0.05, 0.1) is 0 Å². The second-order valence-electron chi connectivity index (χ2n) is 6.35. The minimum absolute atomic E-state index is 0.0176. The van der Waals surface area contributed by atoms with Crippen molar-refractivity contribution >= 4 is 23.2 Å². The Morgan fingerprint density at radius 1 is 0.964 bits per heavy atom. The second kappa shape index (κ2) is 8.90. The summed E-state index contributed by atoms with van der Waals surface area (Å²) in [5.41, 5.74) is 2.41. The molecule has 0 bridgehead atoms. The van der Waals surface area contributed by atoms with Gasteiger partial charge >= 0.3 is 0 Å². The van der Waals surface area contributed by atoms with Gasteiger partial charge in [-0.25, -0.2) is 9.97 Å². The van der Waals surface area contributed by atoms with Crippen molar-refractivity contribution in [3.8, 4) is 11.4 Å². The van der Waals surface area contributed by atoms with E-state index in [0.717, 1.165) is 12.0 Å². The van der Waals surface area contributed by atoms with Gasteiger partial charge in [-0.05, 0) is 25.5 Å². The SMILES string of the molecule is CCCNC(=O)c1cc(Nc2cccc(C(C)=O)c2)nc(-c2ccccc2)n1. The van der Waals surface area contributed by atoms with Crippen molar-refractivity contribution in [2.75, 3.05) is 11.9 Å². The van der Waals surface area contributed by atoms with E-state index in [-0.39, 0.29) is 17.4 Å². The van der Waals surface area contributed by atoms with Crippen LogP contribution in [0.1, 0.15) is 41.1 Å². The average Bonchev–Trinajstić information content (AvgIpc) is 2.72. The largest absolute Gasteiger partial charge is 0.351 e. The lowest BCUT2D eigenvalue weighted by molar-refractivity contribution is 0.0947. The number of Topliss-reactive ketones (excluding diaryl/α,β-unsaturated/α-hetero) is 1. The summed E-state index contributed by atoms with van der Waals surface area (Å²) < 4.78 is 0. The van der Waals surface area contributed by atoms with E-state index < -0.39 is 0 Å². The number of carbonyl (C=O) groups excluding carboxylic acids is 2. The highest BCUT2D eigenvalue weighted by Gasteiger charge is 2.13. The van der Waals surface area contributed by atoms with Crippen LogP contribution in [0.5, 0.6) is 0 Å². The van der Waals surface area contributed by atoms with Crippen LogP contribution in [0.15, 0.2) is 60.7 Å². The molecule has 0 aliphatic heterocycles. The molecule has 0 radical (unpaired) electrons. The van der Waals surface area contributed by atoms with E-state index in [1.807, 2.05) is 43.3 Å². The van der Waals surface area contributed by atoms with Crippen LogP contribution in [-0.2, 0) is 0 Å². The Kier molecular flexibility index (Phi) is 6.11. The average molecular weight is 374 g/mol. The fraction of sp³-hybridized carbons (Fsp3) is 0.182. The van der Waals surface area contributed by atoms with Crippen molar-refractivity contribution in [2.45, 2.75) is 20.3 Å². The van der Waals surface area contributed by atoms with E-state index in [4.69, 9.17) is 0 Å². The second-order valence-corrected chi connectivity index (χ2v) is 6.35. The van der Waals surface area contributed by atoms with Crippen LogP contribution in [0.4, 0.5) is 11.5 Å². The van der Waals surface area contributed by atoms with Crippen molar-refractivity contribution in [1.82, 2.24) is 15.3 Å². The normalized spacial score (nSPS) is 10.4. The molecule has 3 rings (SSSR count). The highest BCUT2D eigenvalue weighted by molar-refractivity contribution is 5.95. The molecule has 2 N–H and O–H groups in total. The Morgan fingerprint density at radius 2 is 1.75 bits per heavy atom. The molecule has 0 aliphatic rings. The molecule has 0 spiro atoms. The van der Waals surface area contributed by atoms with Gasteiger partial charge < -0.3 is 10.6 Å². The molecule has 0 saturated carbocycles. The maximum absolute atomic E-state index is 12.5. The lowest BCUT2D eigenvalue weighted by Gasteiger charge is -2.11. The smallest absolute Gasteiger partial charge is 0.270 e. The number of amides is 1. The summed E-state index contributed by atoms with van der Waals surface area (Å²) in [6.07, 6.45) is 0.839. The molecule has 0 saturated heterocycles. The zero-order valence-electron chi connectivity index (χ0n) is 15.9. The van der Waals surface area contributed by atoms with E-state index >= 15 is 0 Å². The van der Waals surface area contributed by atoms with Gasteiger partial charge in [-0.2, -0.15) is 0 Å². The van der Waals surface area contributed by atoms with Crippen LogP contribution >= 0.6 is 0 Å². The third-order valence-electron chi connectivity index (χ3n) is 4.07. The summed E-state index contributed by atoms with van der Waals surface area (Å²) in [5, 5.41) is 6.02. The van der Waals surface area contributed by atoms with E-state index in [2.05, 4.69) is 20.6 Å². The zero-order chi connectivity index (χ0) is 19.9. The first-order valence-electron chi connectivity index (χ1n) is 9.17. The third-order valence-corrected chi connectivity index (χ3v) is 4.07. The van der Waals surface area contributed by atoms with Gasteiger partial charge in [-0.1, -0.05) is 49.4 Å². The number of benzene rings is 2. The summed E-state index contributed by atoms with van der Waals surface area (Å²) in [5.74, 6) is 0.670. The molecular formula is C22H22N4O2. The first-order chi connectivity index (χ1) is 13.6. The molecule has 142 valence electrons. The quantitative estimate of drug-likeness (QED) is 0.605. The van der Waals surface area contributed by atoms with Gasteiger partial charge in [0.1, 0.15) is 11.5 Å². The standard InChI is InChI=1S/C22H22N4O2/c1-3-12-23-22(28)19-14-20(24-18-11-7-10-17(13-18)15(2)27)26-21(25-19)16-8-5-4-6-9-16/h4-11,13-14H,3,12H2,1-2H3,(H,23,28)(H,24,25,26). The topological polar surface area (TPSA) is 84.0 Å². The predicted octanol–water partition coefficient (Wildman–Crippen LogP) is 4.23. The zero-order valence-corrected chi connectivity index (χ0v) is 15.9. The molecule has 0 fully saturated rings. The fourth-order valence-corrected chi connectivity index (χ4v) is 2.64. The Labute approximate surface area is 164 Å². The minimum atomic E-state index is -0.248. The predicted molar refractivity (Wildman–Crippen MR) is 110 cm³/mol. The number of nitrogens with zero attached hydrogens (tertiary/aromatic N) is 2. The van der Waals surface area contributed by atoms with E-state index in [9.17, 15) is 9.59 Å². The minimum Gasteiger partial charge on any atom is -0.351 e. The Morgan fingerprint density at radius 3 is 2.46 bits per heavy atom. The van der Waals surface area contributed by atoms with Gasteiger partial charge in [0.15, 0.2) is 11.6 Å². The molecule has 28 heavy (non-hydrogen) atoms. The van der Waals surface area contributed by atoms with Crippen molar-refractivity contribution < 1.29 is 9.59 Å². The highest BCUT2D eigenvalue weighted by atomic mass is 16.1. The Hall–Kier alpha value is -3.54. The summed E-state index contributed by atoms with van der Waals surface area (Å²) in [4.78, 5) is 33.1. The van der Waals surface area contributed by atoms with Gasteiger partial charge in [-0.3, -0.25) is 9.59 Å². The van der Waals surface area contributed by atoms with Crippen molar-refractivity contribution in [3.05, 3.63) is 71.9 Å². The van der Waals surface area contributed by atoms with Gasteiger partial charge in [0, 0.05) is 29.4 Å². The molecule has 0 aliphatic carbocycles. The summed E-state index contributed by atoms with van der Waals surface area (Å²) in [6.45, 7) is 4.09. The van der Waals surface area contributed by atoms with E-state index in [1.165, 1.54) is 6.92 Å². The number of carbonyl (C=O) groups is 2. The first-order valence-corrected chi connectivity index (χ1v) is 9.17. The highest BCUT2D eigenvalue weighted by Crippen LogP contribution is 2.21. The fourth-order valence-electron chi connectivity index (χ4n) is 2.64. The molecule has 1 heterocycles. The number of ketones is 1. The van der Waals surface area contributed by atoms with E-state index in [0.29, 0.717) is 29.4 Å². The van der Waals surface area contributed by atoms with Crippen LogP contribution in [0.25, 0.3) is 11.4 Å².